The molecule has 20 heavy (non-hydrogen) atoms. The zero-order valence-electron chi connectivity index (χ0n) is 10.6. The van der Waals surface area contributed by atoms with E-state index in [9.17, 15) is 18.0 Å². The highest BCUT2D eigenvalue weighted by Gasteiger charge is 2.31. The molecular weight excluding hydrogens is 291 g/mol. The summed E-state index contributed by atoms with van der Waals surface area (Å²) in [5, 5.41) is 0.486. The monoisotopic (exact) mass is 301 g/mol. The number of aromatic nitrogens is 1. The number of aryl methyl sites for hydroxylation is 1. The van der Waals surface area contributed by atoms with Crippen molar-refractivity contribution in [3.63, 3.8) is 0 Å². The molecular formula is C13H10F3NO2S. The van der Waals surface area contributed by atoms with Crippen LogP contribution >= 0.6 is 11.3 Å². The summed E-state index contributed by atoms with van der Waals surface area (Å²) in [4.78, 5) is 16.1. The molecule has 1 aromatic heterocycles. The summed E-state index contributed by atoms with van der Waals surface area (Å²) >= 11 is 1.15. The number of carbonyl (C=O) groups is 1. The summed E-state index contributed by atoms with van der Waals surface area (Å²) in [7, 11) is 0. The third-order valence-electron chi connectivity index (χ3n) is 2.43. The maximum Gasteiger partial charge on any atom is 0.573 e. The van der Waals surface area contributed by atoms with Crippen LogP contribution in [-0.4, -0.2) is 17.1 Å². The molecule has 0 saturated carbocycles. The van der Waals surface area contributed by atoms with Gasteiger partial charge in [-0.3, -0.25) is 4.79 Å². The average Bonchev–Trinajstić information content (AvgIpc) is 2.69. The first-order valence-corrected chi connectivity index (χ1v) is 6.42. The topological polar surface area (TPSA) is 39.2 Å². The molecule has 0 N–H and O–H groups in total. The van der Waals surface area contributed by atoms with Gasteiger partial charge in [0.05, 0.1) is 10.6 Å². The van der Waals surface area contributed by atoms with Crippen LogP contribution in [0.2, 0.25) is 0 Å². The van der Waals surface area contributed by atoms with Crippen LogP contribution in [0.5, 0.6) is 5.75 Å². The van der Waals surface area contributed by atoms with Crippen molar-refractivity contribution in [2.45, 2.75) is 20.2 Å². The van der Waals surface area contributed by atoms with E-state index >= 15 is 0 Å². The van der Waals surface area contributed by atoms with E-state index in [0.717, 1.165) is 11.3 Å². The first-order chi connectivity index (χ1) is 9.26. The van der Waals surface area contributed by atoms with Gasteiger partial charge in [-0.2, -0.15) is 0 Å². The van der Waals surface area contributed by atoms with Crippen LogP contribution in [0.3, 0.4) is 0 Å². The standard InChI is InChI=1S/C13H10F3NO2S/c1-7-11(8(2)18)20-12(17-7)9-4-3-5-10(6-9)19-13(14,15)16/h3-6H,1-2H3. The SMILES string of the molecule is CC(=O)c1sc(-c2cccc(OC(F)(F)F)c2)nc1C. The molecule has 1 aromatic carbocycles. The highest BCUT2D eigenvalue weighted by Crippen LogP contribution is 2.31. The number of hydrogen-bond acceptors (Lipinski definition) is 4. The average molecular weight is 301 g/mol. The van der Waals surface area contributed by atoms with Gasteiger partial charge in [-0.25, -0.2) is 4.98 Å². The molecule has 0 aliphatic heterocycles. The molecule has 0 amide bonds. The van der Waals surface area contributed by atoms with E-state index in [0.29, 0.717) is 21.1 Å². The molecule has 0 aliphatic carbocycles. The number of nitrogens with zero attached hydrogens (tertiary/aromatic N) is 1. The zero-order chi connectivity index (χ0) is 14.9. The predicted octanol–water partition coefficient (Wildman–Crippen LogP) is 4.22. The number of benzene rings is 1. The Balaban J connectivity index is 2.36. The van der Waals surface area contributed by atoms with Crippen molar-refractivity contribution in [3.8, 4) is 16.3 Å². The van der Waals surface area contributed by atoms with Crippen molar-refractivity contribution in [3.05, 3.63) is 34.8 Å². The van der Waals surface area contributed by atoms with Crippen LogP contribution in [0.1, 0.15) is 22.3 Å². The molecule has 0 radical (unpaired) electrons. The van der Waals surface area contributed by atoms with E-state index in [1.54, 1.807) is 13.0 Å². The fourth-order valence-corrected chi connectivity index (χ4v) is 2.63. The minimum atomic E-state index is -4.73. The Bertz CT molecular complexity index is 649. The first kappa shape index (κ1) is 14.5. The number of halogens is 3. The summed E-state index contributed by atoms with van der Waals surface area (Å²) < 4.78 is 40.4. The van der Waals surface area contributed by atoms with Gasteiger partial charge in [0.1, 0.15) is 10.8 Å². The molecule has 7 heteroatoms. The van der Waals surface area contributed by atoms with Crippen molar-refractivity contribution in [1.29, 1.82) is 0 Å². The number of Topliss-reactive ketones (excluding diaryl/α,β-unsaturated/α-hetero) is 1. The Morgan fingerprint density at radius 1 is 1.35 bits per heavy atom. The van der Waals surface area contributed by atoms with E-state index in [1.807, 2.05) is 0 Å². The lowest BCUT2D eigenvalue weighted by molar-refractivity contribution is -0.274. The number of ether oxygens (including phenoxy) is 1. The van der Waals surface area contributed by atoms with Crippen molar-refractivity contribution in [2.24, 2.45) is 0 Å². The van der Waals surface area contributed by atoms with Crippen molar-refractivity contribution in [2.75, 3.05) is 0 Å². The summed E-state index contributed by atoms with van der Waals surface area (Å²) in [5.74, 6) is -0.429. The van der Waals surface area contributed by atoms with Gasteiger partial charge in [-0.05, 0) is 19.1 Å². The summed E-state index contributed by atoms with van der Waals surface area (Å²) in [6, 6.07) is 5.52. The van der Waals surface area contributed by atoms with Crippen LogP contribution in [0.15, 0.2) is 24.3 Å². The van der Waals surface area contributed by atoms with Gasteiger partial charge in [-0.1, -0.05) is 12.1 Å². The Kier molecular flexibility index (Phi) is 3.80. The second-order valence-electron chi connectivity index (χ2n) is 4.07. The van der Waals surface area contributed by atoms with Gasteiger partial charge in [0, 0.05) is 12.5 Å². The maximum absolute atomic E-state index is 12.2. The minimum Gasteiger partial charge on any atom is -0.406 e. The van der Waals surface area contributed by atoms with E-state index in [-0.39, 0.29) is 11.5 Å². The second-order valence-corrected chi connectivity index (χ2v) is 5.06. The van der Waals surface area contributed by atoms with Crippen LogP contribution in [-0.2, 0) is 0 Å². The molecule has 0 aliphatic rings. The summed E-state index contributed by atoms with van der Waals surface area (Å²) in [6.07, 6.45) is -4.73. The molecule has 0 atom stereocenters. The highest BCUT2D eigenvalue weighted by atomic mass is 32.1. The number of carbonyl (C=O) groups excluding carboxylic acids is 1. The molecule has 0 fully saturated rings. The largest absolute Gasteiger partial charge is 0.573 e. The highest BCUT2D eigenvalue weighted by molar-refractivity contribution is 7.17. The molecule has 106 valence electrons. The lowest BCUT2D eigenvalue weighted by Crippen LogP contribution is -2.17. The number of hydrogen-bond donors (Lipinski definition) is 0. The fraction of sp³-hybridized carbons (Fsp3) is 0.231. The fourth-order valence-electron chi connectivity index (χ4n) is 1.67. The summed E-state index contributed by atoms with van der Waals surface area (Å²) in [6.45, 7) is 3.11. The molecule has 3 nitrogen and oxygen atoms in total. The smallest absolute Gasteiger partial charge is 0.406 e. The van der Waals surface area contributed by atoms with E-state index in [4.69, 9.17) is 0 Å². The number of alkyl halides is 3. The number of thiazole rings is 1. The van der Waals surface area contributed by atoms with Gasteiger partial charge >= 0.3 is 6.36 Å². The Morgan fingerprint density at radius 2 is 2.05 bits per heavy atom. The second kappa shape index (κ2) is 5.24. The lowest BCUT2D eigenvalue weighted by atomic mass is 10.2. The molecule has 0 unspecified atom stereocenters. The van der Waals surface area contributed by atoms with Gasteiger partial charge < -0.3 is 4.74 Å². The lowest BCUT2D eigenvalue weighted by Gasteiger charge is -2.09. The van der Waals surface area contributed by atoms with E-state index < -0.39 is 6.36 Å². The van der Waals surface area contributed by atoms with Crippen LogP contribution in [0, 0.1) is 6.92 Å². The number of ketones is 1. The zero-order valence-corrected chi connectivity index (χ0v) is 11.4. The molecule has 0 bridgehead atoms. The molecule has 0 spiro atoms. The third kappa shape index (κ3) is 3.36. The number of rotatable bonds is 3. The summed E-state index contributed by atoms with van der Waals surface area (Å²) in [5.41, 5.74) is 1.05. The van der Waals surface area contributed by atoms with Gasteiger partial charge in [0.2, 0.25) is 0 Å². The molecule has 0 saturated heterocycles. The molecule has 1 heterocycles. The van der Waals surface area contributed by atoms with Crippen LogP contribution < -0.4 is 4.74 Å². The van der Waals surface area contributed by atoms with Crippen molar-refractivity contribution < 1.29 is 22.7 Å². The van der Waals surface area contributed by atoms with E-state index in [2.05, 4.69) is 9.72 Å². The Hall–Kier alpha value is -1.89. The van der Waals surface area contributed by atoms with Crippen LogP contribution in [0.25, 0.3) is 10.6 Å². The Labute approximate surface area is 117 Å². The van der Waals surface area contributed by atoms with E-state index in [1.165, 1.54) is 25.1 Å². The third-order valence-corrected chi connectivity index (χ3v) is 3.74. The van der Waals surface area contributed by atoms with Gasteiger partial charge in [0.15, 0.2) is 5.78 Å². The molecule has 2 aromatic rings. The minimum absolute atomic E-state index is 0.117. The molecule has 2 rings (SSSR count). The van der Waals surface area contributed by atoms with Gasteiger partial charge in [-0.15, -0.1) is 24.5 Å². The maximum atomic E-state index is 12.2. The normalized spacial score (nSPS) is 11.4. The van der Waals surface area contributed by atoms with Gasteiger partial charge in [0.25, 0.3) is 0 Å². The first-order valence-electron chi connectivity index (χ1n) is 5.61. The van der Waals surface area contributed by atoms with Crippen LogP contribution in [0.4, 0.5) is 13.2 Å². The predicted molar refractivity (Wildman–Crippen MR) is 69.0 cm³/mol. The Morgan fingerprint density at radius 3 is 2.60 bits per heavy atom. The quantitative estimate of drug-likeness (QED) is 0.797. The van der Waals surface area contributed by atoms with Crippen molar-refractivity contribution >= 4 is 17.1 Å². The van der Waals surface area contributed by atoms with Crippen molar-refractivity contribution in [1.82, 2.24) is 4.98 Å².